The molecule has 1 aromatic heterocycles. The van der Waals surface area contributed by atoms with Crippen molar-refractivity contribution in [2.24, 2.45) is 0 Å². The van der Waals surface area contributed by atoms with Crippen molar-refractivity contribution in [3.05, 3.63) is 39.8 Å². The van der Waals surface area contributed by atoms with E-state index < -0.39 is 14.4 Å². The van der Waals surface area contributed by atoms with E-state index in [1.165, 1.54) is 3.40 Å². The van der Waals surface area contributed by atoms with Crippen LogP contribution >= 0.6 is 24.8 Å². The molecule has 0 amide bonds. The Morgan fingerprint density at radius 2 is 1.50 bits per heavy atom. The number of halogens is 2. The SMILES string of the molecule is C[C](C)(C)[Zr]([CH3])([CH3])(=[SiH2])([C]1=CC=CC1)([c]1ccc[nH]1)[C](C)(C)C.Cl.Cl. The van der Waals surface area contributed by atoms with Crippen LogP contribution in [-0.2, 0) is 14.4 Å². The standard InChI is InChI=1S/C5H5.C4H4N.2C4H9.2CH3.2ClH.H2Si.Zr/c2*1-2-4-5-3-1;2*1-4(2)3;;;;;;/h1-3H,4H2;1-3,5H;2*1-3H3;2*1H3;2*1H;1H2;. The van der Waals surface area contributed by atoms with Crippen molar-refractivity contribution in [2.75, 3.05) is 0 Å². The van der Waals surface area contributed by atoms with E-state index in [0.717, 1.165) is 6.42 Å². The molecule has 0 fully saturated rings. The normalized spacial score (nSPS) is 19.8. The summed E-state index contributed by atoms with van der Waals surface area (Å²) in [6.07, 6.45) is 10.2. The van der Waals surface area contributed by atoms with E-state index in [-0.39, 0.29) is 31.1 Å². The van der Waals surface area contributed by atoms with Crippen molar-refractivity contribution < 1.29 is 14.4 Å². The summed E-state index contributed by atoms with van der Waals surface area (Å²) in [4.78, 5) is 3.71. The van der Waals surface area contributed by atoms with Gasteiger partial charge in [-0.15, -0.1) is 24.8 Å². The van der Waals surface area contributed by atoms with Gasteiger partial charge in [0.05, 0.1) is 0 Å². The first-order valence-corrected chi connectivity index (χ1v) is 24.3. The van der Waals surface area contributed by atoms with Crippen LogP contribution in [0.2, 0.25) is 15.5 Å². The molecule has 0 aliphatic heterocycles. The van der Waals surface area contributed by atoms with Gasteiger partial charge in [-0.05, 0) is 0 Å². The predicted octanol–water partition coefficient (Wildman–Crippen LogP) is 6.17. The van der Waals surface area contributed by atoms with Gasteiger partial charge < -0.3 is 0 Å². The minimum absolute atomic E-state index is 0. The van der Waals surface area contributed by atoms with Crippen LogP contribution in [0, 0.1) is 0 Å². The average Bonchev–Trinajstić information content (AvgIpc) is 3.01. The Morgan fingerprint density at radius 3 is 1.79 bits per heavy atom. The van der Waals surface area contributed by atoms with Gasteiger partial charge in [-0.3, -0.25) is 0 Å². The summed E-state index contributed by atoms with van der Waals surface area (Å²) in [5.74, 6) is 0. The van der Waals surface area contributed by atoms with Crippen LogP contribution in [0.4, 0.5) is 0 Å². The van der Waals surface area contributed by atoms with Crippen molar-refractivity contribution in [3.8, 4) is 0 Å². The molecule has 2 rings (SSSR count). The molecule has 0 unspecified atom stereocenters. The molecule has 140 valence electrons. The molecule has 0 spiro atoms. The Hall–Kier alpha value is 0.440. The van der Waals surface area contributed by atoms with Gasteiger partial charge in [0.2, 0.25) is 0 Å². The largest absolute Gasteiger partial charge is 0.147 e. The van der Waals surface area contributed by atoms with Crippen LogP contribution in [0.5, 0.6) is 0 Å². The van der Waals surface area contributed by atoms with Gasteiger partial charge in [-0.25, -0.2) is 0 Å². The van der Waals surface area contributed by atoms with E-state index in [4.69, 9.17) is 0 Å². The Kier molecular flexibility index (Phi) is 5.34. The van der Waals surface area contributed by atoms with E-state index in [1.54, 1.807) is 3.28 Å². The molecule has 0 bridgehead atoms. The molecular formula is C19H37Cl2NSiZr. The fraction of sp³-hybridized carbons (Fsp3) is 0.579. The molecule has 1 N–H and O–H groups in total. The molecule has 1 aliphatic rings. The molecule has 0 saturated carbocycles. The number of allylic oxidation sites excluding steroid dienone is 4. The van der Waals surface area contributed by atoms with Gasteiger partial charge in [0.1, 0.15) is 0 Å². The summed E-state index contributed by atoms with van der Waals surface area (Å²) in [5.41, 5.74) is 0. The maximum absolute atomic E-state index is 4.69. The Labute approximate surface area is 156 Å². The van der Waals surface area contributed by atoms with E-state index >= 15 is 0 Å². The fourth-order valence-corrected chi connectivity index (χ4v) is 31.2. The van der Waals surface area contributed by atoms with Gasteiger partial charge in [-0.1, -0.05) is 0 Å². The molecule has 1 aromatic rings. The average molecular weight is 470 g/mol. The minimum Gasteiger partial charge on any atom is -0.147 e. The second kappa shape index (κ2) is 5.24. The monoisotopic (exact) mass is 467 g/mol. The van der Waals surface area contributed by atoms with Gasteiger partial charge in [0, 0.05) is 0 Å². The van der Waals surface area contributed by atoms with Crippen LogP contribution in [0.3, 0.4) is 0 Å². The van der Waals surface area contributed by atoms with E-state index in [0.29, 0.717) is 0 Å². The van der Waals surface area contributed by atoms with Crippen LogP contribution < -0.4 is 3.40 Å². The number of aromatic nitrogens is 1. The smallest absolute Gasteiger partial charge is 0.147 e. The number of nitrogens with one attached hydrogen (secondary N) is 1. The third-order valence-electron chi connectivity index (χ3n) is 10.2. The van der Waals surface area contributed by atoms with Crippen molar-refractivity contribution >= 4 is 35.1 Å². The van der Waals surface area contributed by atoms with Gasteiger partial charge in [0.15, 0.2) is 0 Å². The first-order chi connectivity index (χ1) is 9.58. The van der Waals surface area contributed by atoms with Crippen LogP contribution in [-0.4, -0.2) is 11.9 Å². The van der Waals surface area contributed by atoms with E-state index in [9.17, 15) is 0 Å². The topological polar surface area (TPSA) is 15.8 Å². The molecule has 0 aromatic carbocycles. The zero-order chi connectivity index (χ0) is 17.2. The molecule has 24 heavy (non-hydrogen) atoms. The summed E-state index contributed by atoms with van der Waals surface area (Å²) in [5, 5.41) is 0. The van der Waals surface area contributed by atoms with Crippen molar-refractivity contribution in [1.82, 2.24) is 4.98 Å². The number of hydrogen-bond donors (Lipinski definition) is 1. The summed E-state index contributed by atoms with van der Waals surface area (Å²) in [6, 6.07) is 4.55. The van der Waals surface area contributed by atoms with Gasteiger partial charge >= 0.3 is 133 Å². The zero-order valence-electron chi connectivity index (χ0n) is 16.7. The summed E-state index contributed by atoms with van der Waals surface area (Å²) < 4.78 is 8.88. The van der Waals surface area contributed by atoms with Crippen LogP contribution in [0.25, 0.3) is 0 Å². The van der Waals surface area contributed by atoms with Crippen LogP contribution in [0.1, 0.15) is 48.0 Å². The maximum Gasteiger partial charge on any atom is -0.147 e. The Morgan fingerprint density at radius 1 is 1.00 bits per heavy atom. The van der Waals surface area contributed by atoms with Gasteiger partial charge in [0.25, 0.3) is 0 Å². The molecule has 0 atom stereocenters. The molecule has 1 aliphatic carbocycles. The zero-order valence-corrected chi connectivity index (χ0v) is 22.2. The first-order valence-electron chi connectivity index (χ1n) is 8.56. The van der Waals surface area contributed by atoms with Crippen molar-refractivity contribution in [3.63, 3.8) is 0 Å². The summed E-state index contributed by atoms with van der Waals surface area (Å²) in [7, 11) is 0. The molecule has 1 heterocycles. The second-order valence-electron chi connectivity index (χ2n) is 11.6. The van der Waals surface area contributed by atoms with Crippen molar-refractivity contribution in [2.45, 2.75) is 63.5 Å². The fourth-order valence-electron chi connectivity index (χ4n) is 5.28. The number of H-pyrrole nitrogens is 1. The third-order valence-corrected chi connectivity index (χ3v) is 72.6. The van der Waals surface area contributed by atoms with E-state index in [1.807, 2.05) is 0 Å². The van der Waals surface area contributed by atoms with Crippen LogP contribution in [0.15, 0.2) is 39.8 Å². The number of rotatable bonds is 2. The maximum atomic E-state index is 3.71. The summed E-state index contributed by atoms with van der Waals surface area (Å²) in [6.45, 7) is 17.3. The molecular weight excluding hydrogens is 432 g/mol. The number of aromatic amines is 1. The third kappa shape index (κ3) is 1.86. The molecule has 5 heteroatoms. The minimum atomic E-state index is -4.69. The molecule has 1 nitrogen and oxygen atoms in total. The Bertz CT molecular complexity index is 785. The van der Waals surface area contributed by atoms with Crippen molar-refractivity contribution in [1.29, 1.82) is 0 Å². The Balaban J connectivity index is 0.00000264. The quantitative estimate of drug-likeness (QED) is 0.499. The summed E-state index contributed by atoms with van der Waals surface area (Å²) >= 11 is -4.69. The molecule has 0 saturated heterocycles. The molecule has 0 radical (unpaired) electrons. The van der Waals surface area contributed by atoms with Gasteiger partial charge in [-0.2, -0.15) is 0 Å². The number of hydrogen-bond acceptors (Lipinski definition) is 0. The first kappa shape index (κ1) is 24.4. The second-order valence-corrected chi connectivity index (χ2v) is 61.5. The van der Waals surface area contributed by atoms with E-state index in [2.05, 4.69) is 99.2 Å². The predicted molar refractivity (Wildman–Crippen MR) is 116 cm³/mol.